The van der Waals surface area contributed by atoms with E-state index in [1.165, 1.54) is 64.2 Å². The molecule has 0 saturated heterocycles. The van der Waals surface area contributed by atoms with E-state index < -0.39 is 0 Å². The second-order valence-corrected chi connectivity index (χ2v) is 5.82. The summed E-state index contributed by atoms with van der Waals surface area (Å²) in [6.45, 7) is 2.35. The minimum absolute atomic E-state index is 0.896. The van der Waals surface area contributed by atoms with Crippen LogP contribution in [0.5, 0.6) is 0 Å². The van der Waals surface area contributed by atoms with Crippen LogP contribution in [0.2, 0.25) is 0 Å². The van der Waals surface area contributed by atoms with Crippen LogP contribution < -0.4 is 0 Å². The number of fused-ring (bicyclic) bond motifs is 1. The lowest BCUT2D eigenvalue weighted by Gasteiger charge is -2.16. The van der Waals surface area contributed by atoms with E-state index in [1.807, 2.05) is 0 Å². The third kappa shape index (κ3) is 3.72. The molecule has 0 aromatic rings. The van der Waals surface area contributed by atoms with Gasteiger partial charge in [-0.15, -0.1) is 0 Å². The Morgan fingerprint density at radius 1 is 1.00 bits per heavy atom. The van der Waals surface area contributed by atoms with E-state index >= 15 is 0 Å². The molecule has 2 atom stereocenters. The van der Waals surface area contributed by atoms with E-state index in [9.17, 15) is 0 Å². The zero-order valence-electron chi connectivity index (χ0n) is 11.5. The van der Waals surface area contributed by atoms with E-state index in [4.69, 9.17) is 0 Å². The van der Waals surface area contributed by atoms with Gasteiger partial charge in [0.2, 0.25) is 0 Å². The highest BCUT2D eigenvalue weighted by molar-refractivity contribution is 5.21. The molecule has 1 fully saturated rings. The van der Waals surface area contributed by atoms with Gasteiger partial charge in [0.05, 0.1) is 0 Å². The van der Waals surface area contributed by atoms with Crippen molar-refractivity contribution in [2.45, 2.75) is 71.1 Å². The SMILES string of the molecule is CCC1CCC2CCCCCCC/C=C/C=C/12. The number of hydrogen-bond acceptors (Lipinski definition) is 0. The van der Waals surface area contributed by atoms with Crippen LogP contribution in [0, 0.1) is 11.8 Å². The van der Waals surface area contributed by atoms with Crippen molar-refractivity contribution in [1.29, 1.82) is 0 Å². The molecule has 0 heteroatoms. The molecule has 2 unspecified atom stereocenters. The molecule has 0 N–H and O–H groups in total. The molecule has 0 spiro atoms. The summed E-state index contributed by atoms with van der Waals surface area (Å²) in [6, 6.07) is 0. The van der Waals surface area contributed by atoms with Gasteiger partial charge in [-0.1, -0.05) is 56.4 Å². The van der Waals surface area contributed by atoms with E-state index in [1.54, 1.807) is 5.57 Å². The minimum Gasteiger partial charge on any atom is -0.0845 e. The van der Waals surface area contributed by atoms with Crippen molar-refractivity contribution >= 4 is 0 Å². The lowest BCUT2D eigenvalue weighted by Crippen LogP contribution is -2.02. The molecular formula is C17H28. The van der Waals surface area contributed by atoms with E-state index in [2.05, 4.69) is 25.2 Å². The Hall–Kier alpha value is -0.520. The molecular weight excluding hydrogens is 204 g/mol. The summed E-state index contributed by atoms with van der Waals surface area (Å²) in [5, 5.41) is 0. The first-order valence-electron chi connectivity index (χ1n) is 7.78. The zero-order valence-corrected chi connectivity index (χ0v) is 11.5. The molecule has 0 amide bonds. The molecule has 2 rings (SSSR count). The molecule has 2 aliphatic carbocycles. The van der Waals surface area contributed by atoms with Gasteiger partial charge < -0.3 is 0 Å². The lowest BCUT2D eigenvalue weighted by atomic mass is 9.90. The summed E-state index contributed by atoms with van der Waals surface area (Å²) in [4.78, 5) is 0. The summed E-state index contributed by atoms with van der Waals surface area (Å²) in [5.74, 6) is 1.82. The van der Waals surface area contributed by atoms with Crippen LogP contribution in [0.3, 0.4) is 0 Å². The number of allylic oxidation sites excluding steroid dienone is 4. The predicted molar refractivity (Wildman–Crippen MR) is 76.0 cm³/mol. The average Bonchev–Trinajstić information content (AvgIpc) is 2.71. The van der Waals surface area contributed by atoms with Crippen LogP contribution in [-0.2, 0) is 0 Å². The number of rotatable bonds is 1. The van der Waals surface area contributed by atoms with Gasteiger partial charge in [0.1, 0.15) is 0 Å². The first-order chi connectivity index (χ1) is 8.42. The second-order valence-electron chi connectivity index (χ2n) is 5.82. The molecule has 0 aromatic carbocycles. The normalized spacial score (nSPS) is 36.2. The third-order valence-electron chi connectivity index (χ3n) is 4.65. The van der Waals surface area contributed by atoms with Crippen molar-refractivity contribution in [3.05, 3.63) is 23.8 Å². The van der Waals surface area contributed by atoms with Gasteiger partial charge in [0.15, 0.2) is 0 Å². The second kappa shape index (κ2) is 7.03. The summed E-state index contributed by atoms with van der Waals surface area (Å²) in [6.07, 6.45) is 21.4. The fourth-order valence-corrected chi connectivity index (χ4v) is 3.55. The fraction of sp³-hybridized carbons (Fsp3) is 0.765. The van der Waals surface area contributed by atoms with Gasteiger partial charge in [-0.05, 0) is 50.4 Å². The lowest BCUT2D eigenvalue weighted by molar-refractivity contribution is 0.509. The fourth-order valence-electron chi connectivity index (χ4n) is 3.55. The Labute approximate surface area is 107 Å². The maximum Gasteiger partial charge on any atom is -0.0197 e. The Morgan fingerprint density at radius 3 is 2.71 bits per heavy atom. The minimum atomic E-state index is 0.896. The molecule has 0 aromatic heterocycles. The Kier molecular flexibility index (Phi) is 5.35. The Bertz CT molecular complexity index is 272. The highest BCUT2D eigenvalue weighted by Gasteiger charge is 2.27. The first-order valence-corrected chi connectivity index (χ1v) is 7.78. The summed E-state index contributed by atoms with van der Waals surface area (Å²) >= 11 is 0. The molecule has 17 heavy (non-hydrogen) atoms. The highest BCUT2D eigenvalue weighted by Crippen LogP contribution is 2.41. The van der Waals surface area contributed by atoms with Gasteiger partial charge in [0, 0.05) is 0 Å². The standard InChI is InChI=1S/C17H28/c1-2-15-13-14-16-11-9-7-5-3-4-6-8-10-12-17(15)16/h8,10,12,15-16H,2-7,9,11,13-14H2,1H3/b10-8+,17-12-. The quantitative estimate of drug-likeness (QED) is 0.548. The van der Waals surface area contributed by atoms with Crippen LogP contribution >= 0.6 is 0 Å². The van der Waals surface area contributed by atoms with Gasteiger partial charge in [-0.3, -0.25) is 0 Å². The van der Waals surface area contributed by atoms with Crippen molar-refractivity contribution in [3.8, 4) is 0 Å². The molecule has 0 nitrogen and oxygen atoms in total. The molecule has 0 aliphatic heterocycles. The van der Waals surface area contributed by atoms with Crippen LogP contribution in [-0.4, -0.2) is 0 Å². The van der Waals surface area contributed by atoms with Crippen molar-refractivity contribution in [1.82, 2.24) is 0 Å². The van der Waals surface area contributed by atoms with Gasteiger partial charge in [0.25, 0.3) is 0 Å². The summed E-state index contributed by atoms with van der Waals surface area (Å²) < 4.78 is 0. The molecule has 1 saturated carbocycles. The van der Waals surface area contributed by atoms with Gasteiger partial charge in [-0.25, -0.2) is 0 Å². The number of hydrogen-bond donors (Lipinski definition) is 0. The maximum absolute atomic E-state index is 2.47. The van der Waals surface area contributed by atoms with Crippen LogP contribution in [0.4, 0.5) is 0 Å². The largest absolute Gasteiger partial charge is 0.0845 e. The van der Waals surface area contributed by atoms with E-state index in [0.717, 1.165) is 11.8 Å². The third-order valence-corrected chi connectivity index (χ3v) is 4.65. The zero-order chi connectivity index (χ0) is 11.9. The predicted octanol–water partition coefficient (Wildman–Crippen LogP) is 5.65. The topological polar surface area (TPSA) is 0 Å². The smallest absolute Gasteiger partial charge is 0.0197 e. The van der Waals surface area contributed by atoms with E-state index in [0.29, 0.717) is 0 Å². The maximum atomic E-state index is 2.47. The van der Waals surface area contributed by atoms with E-state index in [-0.39, 0.29) is 0 Å². The van der Waals surface area contributed by atoms with Crippen molar-refractivity contribution in [2.24, 2.45) is 11.8 Å². The summed E-state index contributed by atoms with van der Waals surface area (Å²) in [5.41, 5.74) is 1.78. The molecule has 0 radical (unpaired) electrons. The van der Waals surface area contributed by atoms with Crippen molar-refractivity contribution in [2.75, 3.05) is 0 Å². The van der Waals surface area contributed by atoms with Crippen LogP contribution in [0.1, 0.15) is 71.1 Å². The summed E-state index contributed by atoms with van der Waals surface area (Å²) in [7, 11) is 0. The van der Waals surface area contributed by atoms with Gasteiger partial charge >= 0.3 is 0 Å². The first kappa shape index (κ1) is 12.9. The molecule has 0 heterocycles. The molecule has 96 valence electrons. The molecule has 2 aliphatic rings. The van der Waals surface area contributed by atoms with Crippen molar-refractivity contribution in [3.63, 3.8) is 0 Å². The molecule has 0 bridgehead atoms. The monoisotopic (exact) mass is 232 g/mol. The average molecular weight is 232 g/mol. The van der Waals surface area contributed by atoms with Crippen molar-refractivity contribution < 1.29 is 0 Å². The van der Waals surface area contributed by atoms with Crippen LogP contribution in [0.25, 0.3) is 0 Å². The van der Waals surface area contributed by atoms with Crippen LogP contribution in [0.15, 0.2) is 23.8 Å². The Morgan fingerprint density at radius 2 is 1.82 bits per heavy atom. The van der Waals surface area contributed by atoms with Gasteiger partial charge in [-0.2, -0.15) is 0 Å². The Balaban J connectivity index is 2.04. The highest BCUT2D eigenvalue weighted by atomic mass is 14.3.